The summed E-state index contributed by atoms with van der Waals surface area (Å²) in [5.74, 6) is 0.677. The highest BCUT2D eigenvalue weighted by Gasteiger charge is 2.23. The number of Topliss-reactive ketones (excluding diaryl/α,β-unsaturated/α-hetero) is 1. The number of carbonyl (C=O) groups excluding carboxylic acids is 1. The zero-order valence-corrected chi connectivity index (χ0v) is 12.1. The highest BCUT2D eigenvalue weighted by molar-refractivity contribution is 5.97. The molecule has 0 N–H and O–H groups in total. The van der Waals surface area contributed by atoms with Crippen molar-refractivity contribution in [2.24, 2.45) is 0 Å². The van der Waals surface area contributed by atoms with E-state index in [0.717, 1.165) is 25.7 Å². The second kappa shape index (κ2) is 7.41. The van der Waals surface area contributed by atoms with Crippen molar-refractivity contribution < 1.29 is 19.0 Å². The molecule has 1 aromatic carbocycles. The van der Waals surface area contributed by atoms with E-state index in [1.54, 1.807) is 26.4 Å². The van der Waals surface area contributed by atoms with Gasteiger partial charge in [0.25, 0.3) is 0 Å². The van der Waals surface area contributed by atoms with Crippen molar-refractivity contribution in [3.05, 3.63) is 29.8 Å². The van der Waals surface area contributed by atoms with E-state index in [9.17, 15) is 4.79 Å². The zero-order chi connectivity index (χ0) is 14.4. The quantitative estimate of drug-likeness (QED) is 0.751. The van der Waals surface area contributed by atoms with Gasteiger partial charge < -0.3 is 14.2 Å². The Morgan fingerprint density at radius 1 is 1.25 bits per heavy atom. The third-order valence-electron chi connectivity index (χ3n) is 3.75. The van der Waals surface area contributed by atoms with Crippen molar-refractivity contribution in [2.45, 2.75) is 37.9 Å². The minimum Gasteiger partial charge on any atom is -0.497 e. The number of ether oxygens (including phenoxy) is 3. The van der Waals surface area contributed by atoms with Gasteiger partial charge in [-0.2, -0.15) is 0 Å². The van der Waals surface area contributed by atoms with Crippen LogP contribution in [-0.2, 0) is 9.47 Å². The molecule has 0 aromatic heterocycles. The fourth-order valence-corrected chi connectivity index (χ4v) is 2.54. The van der Waals surface area contributed by atoms with Crippen LogP contribution in [0.2, 0.25) is 0 Å². The van der Waals surface area contributed by atoms with Crippen LogP contribution >= 0.6 is 0 Å². The highest BCUT2D eigenvalue weighted by atomic mass is 16.5. The number of rotatable bonds is 6. The van der Waals surface area contributed by atoms with Gasteiger partial charge in [-0.25, -0.2) is 0 Å². The molecule has 2 unspecified atom stereocenters. The van der Waals surface area contributed by atoms with Gasteiger partial charge in [0.2, 0.25) is 0 Å². The third kappa shape index (κ3) is 4.05. The number of ketones is 1. The smallest absolute Gasteiger partial charge is 0.188 e. The largest absolute Gasteiger partial charge is 0.497 e. The molecule has 4 nitrogen and oxygen atoms in total. The first kappa shape index (κ1) is 15.0. The lowest BCUT2D eigenvalue weighted by molar-refractivity contribution is -0.0243. The van der Waals surface area contributed by atoms with Gasteiger partial charge >= 0.3 is 0 Å². The number of carbonyl (C=O) groups is 1. The lowest BCUT2D eigenvalue weighted by Crippen LogP contribution is -2.29. The SMILES string of the molecule is COc1cccc(C(=O)COC2CCCC(OC)C2)c1. The molecule has 1 fully saturated rings. The Labute approximate surface area is 120 Å². The van der Waals surface area contributed by atoms with Gasteiger partial charge in [-0.15, -0.1) is 0 Å². The Bertz CT molecular complexity index is 444. The summed E-state index contributed by atoms with van der Waals surface area (Å²) in [5, 5.41) is 0. The van der Waals surface area contributed by atoms with Gasteiger partial charge in [0.1, 0.15) is 12.4 Å². The molecule has 0 amide bonds. The van der Waals surface area contributed by atoms with E-state index in [4.69, 9.17) is 14.2 Å². The molecule has 0 heterocycles. The van der Waals surface area contributed by atoms with Crippen LogP contribution in [0.1, 0.15) is 36.0 Å². The maximum Gasteiger partial charge on any atom is 0.188 e. The predicted molar refractivity (Wildman–Crippen MR) is 76.3 cm³/mol. The molecule has 2 atom stereocenters. The fraction of sp³-hybridized carbons (Fsp3) is 0.562. The van der Waals surface area contributed by atoms with Gasteiger partial charge in [-0.3, -0.25) is 4.79 Å². The maximum atomic E-state index is 12.1. The summed E-state index contributed by atoms with van der Waals surface area (Å²) in [4.78, 5) is 12.1. The van der Waals surface area contributed by atoms with Gasteiger partial charge in [-0.1, -0.05) is 12.1 Å². The molecule has 1 aliphatic rings. The third-order valence-corrected chi connectivity index (χ3v) is 3.75. The lowest BCUT2D eigenvalue weighted by Gasteiger charge is -2.27. The number of benzene rings is 1. The van der Waals surface area contributed by atoms with Crippen molar-refractivity contribution in [3.63, 3.8) is 0 Å². The maximum absolute atomic E-state index is 12.1. The molecule has 0 spiro atoms. The molecule has 0 radical (unpaired) electrons. The number of methoxy groups -OCH3 is 2. The summed E-state index contributed by atoms with van der Waals surface area (Å²) >= 11 is 0. The van der Waals surface area contributed by atoms with E-state index in [0.29, 0.717) is 11.3 Å². The van der Waals surface area contributed by atoms with Crippen molar-refractivity contribution in [1.82, 2.24) is 0 Å². The predicted octanol–water partition coefficient (Wildman–Crippen LogP) is 2.85. The number of hydrogen-bond donors (Lipinski definition) is 0. The molecule has 2 rings (SSSR count). The second-order valence-corrected chi connectivity index (χ2v) is 5.11. The Kier molecular flexibility index (Phi) is 5.56. The van der Waals surface area contributed by atoms with Crippen molar-refractivity contribution >= 4 is 5.78 Å². The first-order valence-electron chi connectivity index (χ1n) is 7.04. The summed E-state index contributed by atoms with van der Waals surface area (Å²) in [5.41, 5.74) is 0.628. The molecule has 0 aliphatic heterocycles. The Morgan fingerprint density at radius 2 is 2.05 bits per heavy atom. The first-order chi connectivity index (χ1) is 9.72. The Morgan fingerprint density at radius 3 is 2.80 bits per heavy atom. The highest BCUT2D eigenvalue weighted by Crippen LogP contribution is 2.23. The van der Waals surface area contributed by atoms with Crippen LogP contribution < -0.4 is 4.74 Å². The van der Waals surface area contributed by atoms with E-state index in [1.807, 2.05) is 12.1 Å². The van der Waals surface area contributed by atoms with Crippen LogP contribution in [0.4, 0.5) is 0 Å². The number of hydrogen-bond acceptors (Lipinski definition) is 4. The van der Waals surface area contributed by atoms with E-state index >= 15 is 0 Å². The molecule has 1 saturated carbocycles. The van der Waals surface area contributed by atoms with E-state index in [-0.39, 0.29) is 24.6 Å². The summed E-state index contributed by atoms with van der Waals surface area (Å²) in [6.07, 6.45) is 4.45. The fourth-order valence-electron chi connectivity index (χ4n) is 2.54. The molecule has 1 aromatic rings. The summed E-state index contributed by atoms with van der Waals surface area (Å²) < 4.78 is 16.2. The molecule has 1 aliphatic carbocycles. The van der Waals surface area contributed by atoms with Crippen LogP contribution in [0, 0.1) is 0 Å². The standard InChI is InChI=1S/C16H22O4/c1-18-13-6-3-5-12(9-13)16(17)11-20-15-8-4-7-14(10-15)19-2/h3,5-6,9,14-15H,4,7-8,10-11H2,1-2H3. The molecule has 0 saturated heterocycles. The van der Waals surface area contributed by atoms with E-state index < -0.39 is 0 Å². The first-order valence-corrected chi connectivity index (χ1v) is 7.04. The summed E-state index contributed by atoms with van der Waals surface area (Å²) in [6.45, 7) is 0.119. The molecule has 20 heavy (non-hydrogen) atoms. The molecule has 0 bridgehead atoms. The normalized spacial score (nSPS) is 22.5. The van der Waals surface area contributed by atoms with E-state index in [1.165, 1.54) is 0 Å². The van der Waals surface area contributed by atoms with Gasteiger partial charge in [0.05, 0.1) is 19.3 Å². The van der Waals surface area contributed by atoms with Crippen molar-refractivity contribution in [2.75, 3.05) is 20.8 Å². The van der Waals surface area contributed by atoms with E-state index in [2.05, 4.69) is 0 Å². The average molecular weight is 278 g/mol. The molecular formula is C16H22O4. The lowest BCUT2D eigenvalue weighted by atomic mass is 9.95. The minimum absolute atomic E-state index is 0.0107. The Balaban J connectivity index is 1.85. The second-order valence-electron chi connectivity index (χ2n) is 5.11. The topological polar surface area (TPSA) is 44.8 Å². The van der Waals surface area contributed by atoms with Crippen LogP contribution in [0.15, 0.2) is 24.3 Å². The van der Waals surface area contributed by atoms with Crippen LogP contribution in [0.3, 0.4) is 0 Å². The molecular weight excluding hydrogens is 256 g/mol. The molecule has 4 heteroatoms. The van der Waals surface area contributed by atoms with Gasteiger partial charge in [0.15, 0.2) is 5.78 Å². The van der Waals surface area contributed by atoms with Crippen LogP contribution in [0.5, 0.6) is 5.75 Å². The van der Waals surface area contributed by atoms with Crippen LogP contribution in [0.25, 0.3) is 0 Å². The minimum atomic E-state index is -0.0107. The summed E-state index contributed by atoms with van der Waals surface area (Å²) in [6, 6.07) is 7.16. The monoisotopic (exact) mass is 278 g/mol. The van der Waals surface area contributed by atoms with Gasteiger partial charge in [0, 0.05) is 12.7 Å². The zero-order valence-electron chi connectivity index (χ0n) is 12.1. The molecule has 110 valence electrons. The average Bonchev–Trinajstić information content (AvgIpc) is 2.52. The van der Waals surface area contributed by atoms with Crippen molar-refractivity contribution in [3.8, 4) is 5.75 Å². The summed E-state index contributed by atoms with van der Waals surface area (Å²) in [7, 11) is 3.32. The van der Waals surface area contributed by atoms with Gasteiger partial charge in [-0.05, 0) is 37.8 Å². The van der Waals surface area contributed by atoms with Crippen molar-refractivity contribution in [1.29, 1.82) is 0 Å². The van der Waals surface area contributed by atoms with Crippen LogP contribution in [-0.4, -0.2) is 38.8 Å². The Hall–Kier alpha value is -1.39.